The molecule has 10 heteroatoms. The van der Waals surface area contributed by atoms with Gasteiger partial charge < -0.3 is 14.2 Å². The number of rotatable bonds is 5. The second-order valence-corrected chi connectivity index (χ2v) is 3.80. The summed E-state index contributed by atoms with van der Waals surface area (Å²) in [5, 5.41) is 0. The summed E-state index contributed by atoms with van der Waals surface area (Å²) in [4.78, 5) is 21.1. The average Bonchev–Trinajstić information content (AvgIpc) is 2.14. The van der Waals surface area contributed by atoms with E-state index in [-0.39, 0.29) is 0 Å². The largest absolute Gasteiger partial charge is 0.756 e. The van der Waals surface area contributed by atoms with Crippen LogP contribution in [0.3, 0.4) is 0 Å². The van der Waals surface area contributed by atoms with Crippen molar-refractivity contribution in [3.05, 3.63) is 12.2 Å². The van der Waals surface area contributed by atoms with Crippen LogP contribution in [-0.2, 0) is 23.1 Å². The summed E-state index contributed by atoms with van der Waals surface area (Å²) < 4.78 is 57.5. The van der Waals surface area contributed by atoms with E-state index in [0.717, 1.165) is 7.11 Å². The van der Waals surface area contributed by atoms with Gasteiger partial charge in [0.05, 0.1) is 0 Å². The van der Waals surface area contributed by atoms with Crippen molar-refractivity contribution in [2.45, 2.75) is 6.18 Å². The maximum atomic E-state index is 11.8. The maximum absolute atomic E-state index is 11.8. The molecule has 1 atom stereocenters. The summed E-state index contributed by atoms with van der Waals surface area (Å²) in [6.07, 6.45) is -4.94. The van der Waals surface area contributed by atoms with Crippen molar-refractivity contribution >= 4 is 13.8 Å². The molecule has 0 N–H and O–H groups in total. The fourth-order valence-electron chi connectivity index (χ4n) is 0.400. The summed E-state index contributed by atoms with van der Waals surface area (Å²) in [7, 11) is -3.87. The molecule has 0 saturated carbocycles. The van der Waals surface area contributed by atoms with E-state index in [1.807, 2.05) is 0 Å². The minimum Gasteiger partial charge on any atom is -0.756 e. The molecule has 0 saturated heterocycles. The number of carbonyl (C=O) groups excluding carboxylic acids is 1. The van der Waals surface area contributed by atoms with E-state index in [4.69, 9.17) is 0 Å². The Balaban J connectivity index is 4.11. The Bertz CT molecular complexity index is 325. The van der Waals surface area contributed by atoms with Crippen LogP contribution >= 0.6 is 7.82 Å². The Morgan fingerprint density at radius 2 is 2.00 bits per heavy atom. The topological polar surface area (TPSA) is 84.9 Å². The van der Waals surface area contributed by atoms with Crippen molar-refractivity contribution in [2.75, 3.05) is 13.9 Å². The predicted octanol–water partition coefficient (Wildman–Crippen LogP) is 0.737. The van der Waals surface area contributed by atoms with Gasteiger partial charge in [0.25, 0.3) is 7.82 Å². The van der Waals surface area contributed by atoms with Gasteiger partial charge in [-0.15, -0.1) is 0 Å². The molecule has 0 aromatic carbocycles. The molecule has 6 nitrogen and oxygen atoms in total. The predicted molar refractivity (Wildman–Crippen MR) is 41.9 cm³/mol. The molecule has 0 spiro atoms. The van der Waals surface area contributed by atoms with Gasteiger partial charge in [-0.25, -0.2) is 4.79 Å². The Kier molecular flexibility index (Phi) is 5.14. The van der Waals surface area contributed by atoms with E-state index in [9.17, 15) is 27.4 Å². The number of carbonyl (C=O) groups is 1. The van der Waals surface area contributed by atoms with Crippen LogP contribution in [0.1, 0.15) is 0 Å². The van der Waals surface area contributed by atoms with E-state index in [1.165, 1.54) is 0 Å². The van der Waals surface area contributed by atoms with E-state index in [0.29, 0.717) is 0 Å². The number of esters is 1. The van der Waals surface area contributed by atoms with Crippen LogP contribution in [0.15, 0.2) is 12.2 Å². The van der Waals surface area contributed by atoms with Crippen molar-refractivity contribution in [2.24, 2.45) is 0 Å². The van der Waals surface area contributed by atoms with Gasteiger partial charge >= 0.3 is 12.1 Å². The van der Waals surface area contributed by atoms with Gasteiger partial charge in [0.2, 0.25) is 0 Å². The lowest BCUT2D eigenvalue weighted by Crippen LogP contribution is -2.22. The summed E-state index contributed by atoms with van der Waals surface area (Å²) in [6, 6.07) is 0. The van der Waals surface area contributed by atoms with Gasteiger partial charge in [0.15, 0.2) is 6.79 Å². The lowest BCUT2D eigenvalue weighted by Gasteiger charge is -2.19. The Labute approximate surface area is 88.2 Å². The third-order valence-electron chi connectivity index (χ3n) is 1.21. The lowest BCUT2D eigenvalue weighted by atomic mass is 10.3. The standard InChI is InChI=1S/C6H8F3O6P/c1-4(6(7,8)9)5(10)14-3-15-16(11,12)13-2/h1,3H2,2H3,(H,11,12)/p-1. The highest BCUT2D eigenvalue weighted by Crippen LogP contribution is 2.36. The number of ether oxygens (including phenoxy) is 1. The van der Waals surface area contributed by atoms with Crippen LogP contribution in [0, 0.1) is 0 Å². The monoisotopic (exact) mass is 263 g/mol. The molecule has 1 unspecified atom stereocenters. The summed E-state index contributed by atoms with van der Waals surface area (Å²) in [6.45, 7) is 1.21. The van der Waals surface area contributed by atoms with Crippen molar-refractivity contribution in [3.8, 4) is 0 Å². The first-order valence-electron chi connectivity index (χ1n) is 3.54. The summed E-state index contributed by atoms with van der Waals surface area (Å²) >= 11 is 0. The molecule has 0 rings (SSSR count). The zero-order valence-electron chi connectivity index (χ0n) is 7.94. The molecule has 0 amide bonds. The van der Waals surface area contributed by atoms with E-state index >= 15 is 0 Å². The van der Waals surface area contributed by atoms with E-state index in [2.05, 4.69) is 20.4 Å². The molecule has 0 aliphatic heterocycles. The first-order chi connectivity index (χ1) is 7.10. The van der Waals surface area contributed by atoms with Crippen LogP contribution in [0.5, 0.6) is 0 Å². The number of hydrogen-bond acceptors (Lipinski definition) is 6. The van der Waals surface area contributed by atoms with Crippen molar-refractivity contribution in [1.82, 2.24) is 0 Å². The Morgan fingerprint density at radius 3 is 2.38 bits per heavy atom. The van der Waals surface area contributed by atoms with Crippen molar-refractivity contribution in [1.29, 1.82) is 0 Å². The van der Waals surface area contributed by atoms with Crippen molar-refractivity contribution < 1.29 is 41.2 Å². The second-order valence-electron chi connectivity index (χ2n) is 2.28. The molecule has 16 heavy (non-hydrogen) atoms. The Morgan fingerprint density at radius 1 is 1.50 bits per heavy atom. The van der Waals surface area contributed by atoms with Crippen molar-refractivity contribution in [3.63, 3.8) is 0 Å². The van der Waals surface area contributed by atoms with Crippen LogP contribution in [0.25, 0.3) is 0 Å². The van der Waals surface area contributed by atoms with Gasteiger partial charge in [0.1, 0.15) is 5.57 Å². The molecule has 0 radical (unpaired) electrons. The van der Waals surface area contributed by atoms with Gasteiger partial charge in [-0.2, -0.15) is 13.2 Å². The number of halogens is 3. The molecule has 0 aromatic heterocycles. The SMILES string of the molecule is C=C(C(=O)OCOP(=O)([O-])OC)C(F)(F)F. The smallest absolute Gasteiger partial charge is 0.422 e. The second kappa shape index (κ2) is 5.44. The molecule has 0 fully saturated rings. The normalized spacial score (nSPS) is 15.3. The molecule has 0 aliphatic rings. The molecular weight excluding hydrogens is 256 g/mol. The molecule has 0 aliphatic carbocycles. The fourth-order valence-corrected chi connectivity index (χ4v) is 0.687. The summed E-state index contributed by atoms with van der Waals surface area (Å²) in [5.74, 6) is -1.83. The summed E-state index contributed by atoms with van der Waals surface area (Å²) in [5.41, 5.74) is -1.77. The highest BCUT2D eigenvalue weighted by Gasteiger charge is 2.38. The molecule has 94 valence electrons. The van der Waals surface area contributed by atoms with Gasteiger partial charge in [-0.3, -0.25) is 9.09 Å². The number of hydrogen-bond donors (Lipinski definition) is 0. The third-order valence-corrected chi connectivity index (χ3v) is 2.08. The van der Waals surface area contributed by atoms with Crippen LogP contribution in [-0.4, -0.2) is 26.0 Å². The highest BCUT2D eigenvalue weighted by molar-refractivity contribution is 7.45. The molecule has 0 aromatic rings. The Hall–Kier alpha value is -0.890. The zero-order valence-corrected chi connectivity index (χ0v) is 8.84. The third kappa shape index (κ3) is 5.26. The van der Waals surface area contributed by atoms with E-state index in [1.54, 1.807) is 0 Å². The number of phosphoric ester groups is 1. The molecule has 0 heterocycles. The minimum absolute atomic E-state index is 0.768. The quantitative estimate of drug-likeness (QED) is 0.314. The fraction of sp³-hybridized carbons (Fsp3) is 0.500. The van der Waals surface area contributed by atoms with Crippen LogP contribution in [0.2, 0.25) is 0 Å². The molecule has 0 bridgehead atoms. The average molecular weight is 263 g/mol. The number of phosphoric acid groups is 1. The number of alkyl halides is 3. The van der Waals surface area contributed by atoms with Gasteiger partial charge in [-0.1, -0.05) is 6.58 Å². The van der Waals surface area contributed by atoms with Crippen LogP contribution < -0.4 is 4.89 Å². The first-order valence-corrected chi connectivity index (χ1v) is 5.01. The van der Waals surface area contributed by atoms with E-state index < -0.39 is 32.3 Å². The lowest BCUT2D eigenvalue weighted by molar-refractivity contribution is -0.229. The minimum atomic E-state index is -4.94. The maximum Gasteiger partial charge on any atom is 0.422 e. The zero-order chi connectivity index (χ0) is 13.0. The molecular formula is C6H7F3O6P-. The van der Waals surface area contributed by atoms with Gasteiger partial charge in [0, 0.05) is 7.11 Å². The first kappa shape index (κ1) is 15.1. The van der Waals surface area contributed by atoms with Gasteiger partial charge in [-0.05, 0) is 0 Å². The van der Waals surface area contributed by atoms with Crippen LogP contribution in [0.4, 0.5) is 13.2 Å². The highest BCUT2D eigenvalue weighted by atomic mass is 31.2.